The molecule has 6 heteroatoms. The van der Waals surface area contributed by atoms with E-state index in [4.69, 9.17) is 9.47 Å². The quantitative estimate of drug-likeness (QED) is 0.904. The van der Waals surface area contributed by atoms with Crippen molar-refractivity contribution in [2.45, 2.75) is 24.5 Å². The van der Waals surface area contributed by atoms with Gasteiger partial charge in [-0.3, -0.25) is 4.79 Å². The van der Waals surface area contributed by atoms with Gasteiger partial charge < -0.3 is 24.3 Å². The van der Waals surface area contributed by atoms with Gasteiger partial charge >= 0.3 is 0 Å². The summed E-state index contributed by atoms with van der Waals surface area (Å²) in [6.07, 6.45) is 3.96. The second kappa shape index (κ2) is 6.40. The Balaban J connectivity index is 1.69. The minimum Gasteiger partial charge on any atom is -0.377 e. The lowest BCUT2D eigenvalue weighted by Crippen LogP contribution is -2.47. The van der Waals surface area contributed by atoms with Crippen LogP contribution in [-0.4, -0.2) is 79.3 Å². The van der Waals surface area contributed by atoms with E-state index in [0.29, 0.717) is 32.0 Å². The molecule has 1 aromatic heterocycles. The van der Waals surface area contributed by atoms with Crippen LogP contribution < -0.4 is 0 Å². The van der Waals surface area contributed by atoms with Crippen molar-refractivity contribution in [3.05, 3.63) is 24.0 Å². The Morgan fingerprint density at radius 3 is 3.14 bits per heavy atom. The van der Waals surface area contributed by atoms with Crippen LogP contribution in [0, 0.1) is 0 Å². The van der Waals surface area contributed by atoms with Gasteiger partial charge in [0.05, 0.1) is 25.9 Å². The van der Waals surface area contributed by atoms with Crippen LogP contribution in [0.1, 0.15) is 23.3 Å². The molecule has 2 saturated heterocycles. The summed E-state index contributed by atoms with van der Waals surface area (Å²) in [5, 5.41) is 0. The molecular formula is C16H25N3O3. The molecule has 1 N–H and O–H groups in total. The average molecular weight is 307 g/mol. The van der Waals surface area contributed by atoms with Crippen LogP contribution in [0.4, 0.5) is 0 Å². The van der Waals surface area contributed by atoms with Gasteiger partial charge in [0.1, 0.15) is 11.3 Å². The maximum atomic E-state index is 12.6. The summed E-state index contributed by atoms with van der Waals surface area (Å²) >= 11 is 0. The van der Waals surface area contributed by atoms with Crippen molar-refractivity contribution in [2.24, 2.45) is 0 Å². The molecule has 0 aliphatic carbocycles. The molecule has 22 heavy (non-hydrogen) atoms. The summed E-state index contributed by atoms with van der Waals surface area (Å²) in [7, 11) is 4.11. The van der Waals surface area contributed by atoms with Crippen molar-refractivity contribution in [1.29, 1.82) is 0 Å². The third-order valence-electron chi connectivity index (χ3n) is 4.37. The number of hydrogen-bond acceptors (Lipinski definition) is 4. The van der Waals surface area contributed by atoms with E-state index in [1.54, 1.807) is 6.20 Å². The molecule has 122 valence electrons. The number of carbonyl (C=O) groups is 1. The van der Waals surface area contributed by atoms with Gasteiger partial charge in [0.25, 0.3) is 5.91 Å². The summed E-state index contributed by atoms with van der Waals surface area (Å²) < 4.78 is 12.0. The largest absolute Gasteiger partial charge is 0.377 e. The van der Waals surface area contributed by atoms with E-state index < -0.39 is 0 Å². The molecule has 0 saturated carbocycles. The second-order valence-electron chi connectivity index (χ2n) is 6.59. The first kappa shape index (κ1) is 15.5. The van der Waals surface area contributed by atoms with Gasteiger partial charge in [-0.2, -0.15) is 0 Å². The Morgan fingerprint density at radius 2 is 2.41 bits per heavy atom. The van der Waals surface area contributed by atoms with E-state index in [1.165, 1.54) is 0 Å². The molecule has 0 aromatic carbocycles. The first-order valence-corrected chi connectivity index (χ1v) is 7.91. The van der Waals surface area contributed by atoms with Crippen LogP contribution in [-0.2, 0) is 9.47 Å². The second-order valence-corrected chi connectivity index (χ2v) is 6.59. The Bertz CT molecular complexity index is 503. The molecule has 2 atom stereocenters. The van der Waals surface area contributed by atoms with Crippen molar-refractivity contribution in [3.63, 3.8) is 0 Å². The van der Waals surface area contributed by atoms with Crippen LogP contribution >= 0.6 is 0 Å². The smallest absolute Gasteiger partial charge is 0.270 e. The van der Waals surface area contributed by atoms with Crippen molar-refractivity contribution < 1.29 is 14.3 Å². The number of aromatic nitrogens is 1. The van der Waals surface area contributed by atoms with Gasteiger partial charge in [0.15, 0.2) is 0 Å². The molecule has 3 rings (SSSR count). The van der Waals surface area contributed by atoms with Crippen molar-refractivity contribution in [3.8, 4) is 0 Å². The van der Waals surface area contributed by atoms with E-state index in [-0.39, 0.29) is 17.6 Å². The van der Waals surface area contributed by atoms with Crippen molar-refractivity contribution in [2.75, 3.05) is 46.9 Å². The van der Waals surface area contributed by atoms with E-state index in [1.807, 2.05) is 17.0 Å². The molecule has 6 nitrogen and oxygen atoms in total. The van der Waals surface area contributed by atoms with Gasteiger partial charge in [-0.15, -0.1) is 0 Å². The van der Waals surface area contributed by atoms with Crippen molar-refractivity contribution >= 4 is 5.91 Å². The van der Waals surface area contributed by atoms with Crippen LogP contribution in [0.3, 0.4) is 0 Å². The Kier molecular flexibility index (Phi) is 4.52. The number of rotatable bonds is 3. The molecule has 1 spiro atoms. The molecule has 0 bridgehead atoms. The Hall–Kier alpha value is -1.37. The van der Waals surface area contributed by atoms with E-state index in [2.05, 4.69) is 24.0 Å². The molecule has 2 aliphatic heterocycles. The maximum absolute atomic E-state index is 12.6. The van der Waals surface area contributed by atoms with Crippen LogP contribution in [0.15, 0.2) is 18.3 Å². The molecule has 0 radical (unpaired) electrons. The third-order valence-corrected chi connectivity index (χ3v) is 4.37. The molecule has 3 heterocycles. The first-order chi connectivity index (χ1) is 10.6. The lowest BCUT2D eigenvalue weighted by molar-refractivity contribution is -0.0878. The Morgan fingerprint density at radius 1 is 1.55 bits per heavy atom. The topological polar surface area (TPSA) is 57.8 Å². The highest BCUT2D eigenvalue weighted by molar-refractivity contribution is 5.92. The summed E-state index contributed by atoms with van der Waals surface area (Å²) in [5.41, 5.74) is 0.277. The standard InChI is InChI=1S/C16H25N3O3/c1-18(2)10-13-5-6-16(22-13)11-19(8-9-21-12-16)15(20)14-4-3-7-17-14/h3-4,7,13,17H,5-6,8-12H2,1-2H3. The Labute approximate surface area is 131 Å². The predicted molar refractivity (Wildman–Crippen MR) is 82.9 cm³/mol. The predicted octanol–water partition coefficient (Wildman–Crippen LogP) is 0.967. The van der Waals surface area contributed by atoms with Gasteiger partial charge in [0.2, 0.25) is 0 Å². The highest BCUT2D eigenvalue weighted by Crippen LogP contribution is 2.33. The monoisotopic (exact) mass is 307 g/mol. The maximum Gasteiger partial charge on any atom is 0.270 e. The normalized spacial score (nSPS) is 29.2. The highest BCUT2D eigenvalue weighted by atomic mass is 16.6. The summed E-state index contributed by atoms with van der Waals surface area (Å²) in [4.78, 5) is 19.6. The number of aromatic amines is 1. The molecule has 1 aromatic rings. The number of amides is 1. The minimum atomic E-state index is -0.348. The van der Waals surface area contributed by atoms with Gasteiger partial charge in [-0.25, -0.2) is 0 Å². The minimum absolute atomic E-state index is 0.0227. The van der Waals surface area contributed by atoms with Gasteiger partial charge in [-0.05, 0) is 39.1 Å². The number of carbonyl (C=O) groups excluding carboxylic acids is 1. The fraction of sp³-hybridized carbons (Fsp3) is 0.688. The highest BCUT2D eigenvalue weighted by Gasteiger charge is 2.44. The zero-order chi connectivity index (χ0) is 15.6. The van der Waals surface area contributed by atoms with Crippen molar-refractivity contribution in [1.82, 2.24) is 14.8 Å². The number of likely N-dealkylation sites (N-methyl/N-ethyl adjacent to an activating group) is 1. The SMILES string of the molecule is CN(C)CC1CCC2(COCCN(C(=O)c3ccc[nH]3)C2)O1. The first-order valence-electron chi connectivity index (χ1n) is 7.91. The van der Waals surface area contributed by atoms with Gasteiger partial charge in [0, 0.05) is 19.3 Å². The number of nitrogens with one attached hydrogen (secondary N) is 1. The van der Waals surface area contributed by atoms with Crippen LogP contribution in [0.2, 0.25) is 0 Å². The molecule has 2 aliphatic rings. The van der Waals surface area contributed by atoms with Gasteiger partial charge in [-0.1, -0.05) is 0 Å². The summed E-state index contributed by atoms with van der Waals surface area (Å²) in [5.74, 6) is 0.0227. The van der Waals surface area contributed by atoms with Crippen LogP contribution in [0.5, 0.6) is 0 Å². The molecule has 2 unspecified atom stereocenters. The molecule has 1 amide bonds. The lowest BCUT2D eigenvalue weighted by Gasteiger charge is -2.32. The fourth-order valence-electron chi connectivity index (χ4n) is 3.37. The lowest BCUT2D eigenvalue weighted by atomic mass is 10.00. The number of hydrogen-bond donors (Lipinski definition) is 1. The van der Waals surface area contributed by atoms with E-state index in [0.717, 1.165) is 19.4 Å². The van der Waals surface area contributed by atoms with Crippen LogP contribution in [0.25, 0.3) is 0 Å². The zero-order valence-electron chi connectivity index (χ0n) is 13.4. The molecular weight excluding hydrogens is 282 g/mol. The zero-order valence-corrected chi connectivity index (χ0v) is 13.4. The number of nitrogens with zero attached hydrogens (tertiary/aromatic N) is 2. The van der Waals surface area contributed by atoms with E-state index >= 15 is 0 Å². The number of H-pyrrole nitrogens is 1. The molecule has 2 fully saturated rings. The number of ether oxygens (including phenoxy) is 2. The fourth-order valence-corrected chi connectivity index (χ4v) is 3.37. The average Bonchev–Trinajstić information content (AvgIpc) is 3.07. The summed E-state index contributed by atoms with van der Waals surface area (Å²) in [6, 6.07) is 3.65. The van der Waals surface area contributed by atoms with E-state index in [9.17, 15) is 4.79 Å². The summed E-state index contributed by atoms with van der Waals surface area (Å²) in [6.45, 7) is 3.27. The third kappa shape index (κ3) is 3.34.